The first-order chi connectivity index (χ1) is 17.1. The van der Waals surface area contributed by atoms with Crippen LogP contribution in [0.4, 0.5) is 13.2 Å². The van der Waals surface area contributed by atoms with Crippen LogP contribution in [0, 0.1) is 11.3 Å². The molecule has 3 aliphatic carbocycles. The Hall–Kier alpha value is -2.16. The molecule has 3 heterocycles. The van der Waals surface area contributed by atoms with E-state index in [0.717, 1.165) is 71.1 Å². The van der Waals surface area contributed by atoms with Gasteiger partial charge in [0.2, 0.25) is 5.91 Å². The number of alkyl halides is 3. The minimum atomic E-state index is -4.38. The van der Waals surface area contributed by atoms with Gasteiger partial charge in [-0.05, 0) is 68.4 Å². The Kier molecular flexibility index (Phi) is 5.85. The lowest BCUT2D eigenvalue weighted by Crippen LogP contribution is -2.65. The number of morpholine rings is 1. The van der Waals surface area contributed by atoms with E-state index in [1.54, 1.807) is 6.20 Å². The Morgan fingerprint density at radius 1 is 1.22 bits per heavy atom. The zero-order chi connectivity index (χ0) is 25.2. The minimum Gasteiger partial charge on any atom is -0.377 e. The first-order valence-electron chi connectivity index (χ1n) is 13.4. The maximum Gasteiger partial charge on any atom is 0.416 e. The van der Waals surface area contributed by atoms with Gasteiger partial charge in [-0.15, -0.1) is 0 Å². The summed E-state index contributed by atoms with van der Waals surface area (Å²) in [5.41, 5.74) is 1.40. The molecule has 1 spiro atoms. The highest BCUT2D eigenvalue weighted by molar-refractivity contribution is 5.78. The van der Waals surface area contributed by atoms with E-state index in [-0.39, 0.29) is 36.0 Å². The number of fused-ring (bicyclic) bond motifs is 1. The number of nitrogens with zero attached hydrogens (tertiary/aromatic N) is 3. The molecule has 3 aliphatic heterocycles. The summed E-state index contributed by atoms with van der Waals surface area (Å²) in [6.07, 6.45) is 5.14. The number of nitrogens with one attached hydrogen (secondary N) is 1. The second-order valence-corrected chi connectivity index (χ2v) is 12.0. The fourth-order valence-electron chi connectivity index (χ4n) is 6.89. The van der Waals surface area contributed by atoms with Crippen molar-refractivity contribution in [1.29, 1.82) is 0 Å². The second kappa shape index (κ2) is 8.71. The average molecular weight is 507 g/mol. The van der Waals surface area contributed by atoms with E-state index >= 15 is 0 Å². The summed E-state index contributed by atoms with van der Waals surface area (Å²) < 4.78 is 46.2. The van der Waals surface area contributed by atoms with Crippen LogP contribution in [0.25, 0.3) is 0 Å². The Morgan fingerprint density at radius 3 is 2.58 bits per heavy atom. The van der Waals surface area contributed by atoms with E-state index < -0.39 is 11.7 Å². The smallest absolute Gasteiger partial charge is 0.377 e. The van der Waals surface area contributed by atoms with Gasteiger partial charge in [-0.1, -0.05) is 6.58 Å². The number of ether oxygens (including phenoxy) is 1. The molecule has 0 aromatic carbocycles. The molecule has 1 N–H and O–H groups in total. The van der Waals surface area contributed by atoms with Crippen LogP contribution in [0.15, 0.2) is 35.3 Å². The monoisotopic (exact) mass is 506 g/mol. The summed E-state index contributed by atoms with van der Waals surface area (Å²) in [7, 11) is 1.88. The predicted octanol–water partition coefficient (Wildman–Crippen LogP) is 3.78. The van der Waals surface area contributed by atoms with Gasteiger partial charge in [-0.2, -0.15) is 13.2 Å². The molecule has 0 radical (unpaired) electrons. The lowest BCUT2D eigenvalue weighted by molar-refractivity contribution is -0.141. The van der Waals surface area contributed by atoms with Crippen molar-refractivity contribution < 1.29 is 22.7 Å². The third-order valence-electron chi connectivity index (χ3n) is 8.96. The van der Waals surface area contributed by atoms with Gasteiger partial charge in [0, 0.05) is 50.9 Å². The molecule has 0 aromatic heterocycles. The first-order valence-corrected chi connectivity index (χ1v) is 13.4. The zero-order valence-electron chi connectivity index (χ0n) is 21.1. The summed E-state index contributed by atoms with van der Waals surface area (Å²) in [6, 6.07) is 0.416. The lowest BCUT2D eigenvalue weighted by Gasteiger charge is -2.62. The summed E-state index contributed by atoms with van der Waals surface area (Å²) >= 11 is 0. The molecule has 0 unspecified atom stereocenters. The molecule has 3 saturated heterocycles. The molecule has 0 bridgehead atoms. The fraction of sp³-hybridized carbons (Fsp3) is 0.741. The summed E-state index contributed by atoms with van der Waals surface area (Å²) in [5.74, 6) is 1.60. The number of halogens is 3. The van der Waals surface area contributed by atoms with Gasteiger partial charge in [0.05, 0.1) is 17.7 Å². The lowest BCUT2D eigenvalue weighted by atomic mass is 9.56. The molecular formula is C27H37F3N4O2. The second-order valence-electron chi connectivity index (χ2n) is 12.0. The van der Waals surface area contributed by atoms with Crippen molar-refractivity contribution in [2.24, 2.45) is 11.3 Å². The fourth-order valence-corrected chi connectivity index (χ4v) is 6.89. The minimum absolute atomic E-state index is 0.0351. The molecule has 6 fully saturated rings. The zero-order valence-corrected chi connectivity index (χ0v) is 21.1. The molecule has 6 nitrogen and oxygen atoms in total. The van der Waals surface area contributed by atoms with Crippen LogP contribution in [0.3, 0.4) is 0 Å². The summed E-state index contributed by atoms with van der Waals surface area (Å²) in [4.78, 5) is 18.7. The number of likely N-dealkylation sites (tertiary alicyclic amines) is 2. The van der Waals surface area contributed by atoms with Crippen molar-refractivity contribution in [3.8, 4) is 0 Å². The van der Waals surface area contributed by atoms with Crippen LogP contribution in [-0.2, 0) is 9.53 Å². The van der Waals surface area contributed by atoms with Crippen molar-refractivity contribution in [2.45, 2.75) is 75.7 Å². The van der Waals surface area contributed by atoms with Crippen molar-refractivity contribution in [1.82, 2.24) is 20.0 Å². The van der Waals surface area contributed by atoms with Crippen LogP contribution in [0.1, 0.15) is 51.4 Å². The van der Waals surface area contributed by atoms with E-state index in [0.29, 0.717) is 18.0 Å². The van der Waals surface area contributed by atoms with Gasteiger partial charge < -0.3 is 24.8 Å². The van der Waals surface area contributed by atoms with Gasteiger partial charge in [0.15, 0.2) is 0 Å². The Morgan fingerprint density at radius 2 is 1.94 bits per heavy atom. The maximum atomic E-state index is 13.5. The number of piperidine rings is 1. The van der Waals surface area contributed by atoms with Crippen molar-refractivity contribution >= 4 is 5.91 Å². The molecule has 6 rings (SSSR count). The van der Waals surface area contributed by atoms with E-state index in [9.17, 15) is 18.0 Å². The number of hydrogen-bond donors (Lipinski definition) is 1. The van der Waals surface area contributed by atoms with Crippen molar-refractivity contribution in [3.05, 3.63) is 35.3 Å². The van der Waals surface area contributed by atoms with Crippen LogP contribution < -0.4 is 5.32 Å². The van der Waals surface area contributed by atoms with Gasteiger partial charge in [0.25, 0.3) is 0 Å². The van der Waals surface area contributed by atoms with E-state index in [2.05, 4.69) is 21.7 Å². The number of carbonyl (C=O) groups excluding carboxylic acids is 1. The largest absolute Gasteiger partial charge is 0.416 e. The highest BCUT2D eigenvalue weighted by Gasteiger charge is 2.54. The molecule has 9 heteroatoms. The molecule has 1 amide bonds. The van der Waals surface area contributed by atoms with Crippen LogP contribution >= 0.6 is 0 Å². The van der Waals surface area contributed by atoms with E-state index in [4.69, 9.17) is 4.74 Å². The number of allylic oxidation sites excluding steroid dienone is 3. The van der Waals surface area contributed by atoms with Gasteiger partial charge in [0.1, 0.15) is 12.4 Å². The predicted molar refractivity (Wildman–Crippen MR) is 130 cm³/mol. The Labute approximate surface area is 211 Å². The molecule has 0 aromatic rings. The van der Waals surface area contributed by atoms with Crippen molar-refractivity contribution in [3.63, 3.8) is 0 Å². The molecule has 36 heavy (non-hydrogen) atoms. The van der Waals surface area contributed by atoms with Gasteiger partial charge >= 0.3 is 6.18 Å². The van der Waals surface area contributed by atoms with Crippen LogP contribution in [0.5, 0.6) is 0 Å². The normalized spacial score (nSPS) is 29.8. The topological polar surface area (TPSA) is 48.1 Å². The van der Waals surface area contributed by atoms with Crippen LogP contribution in [-0.4, -0.2) is 84.8 Å². The molecule has 2 atom stereocenters. The molecule has 198 valence electrons. The number of rotatable bonds is 7. The van der Waals surface area contributed by atoms with Crippen molar-refractivity contribution in [2.75, 3.05) is 39.8 Å². The highest BCUT2D eigenvalue weighted by atomic mass is 19.4. The highest BCUT2D eigenvalue weighted by Crippen LogP contribution is 2.56. The SMILES string of the molecule is C=C(/C(=C\N(C)C1CC1)CC1CC2(C1)CN(C(=C1CC1)N1CC[C@@H]3OCC(=O)N[C@@H]3C1)C2)C(F)(F)F. The Bertz CT molecular complexity index is 981. The Balaban J connectivity index is 1.05. The average Bonchev–Trinajstić information content (AvgIpc) is 3.66. The van der Waals surface area contributed by atoms with Crippen LogP contribution in [0.2, 0.25) is 0 Å². The third kappa shape index (κ3) is 4.75. The summed E-state index contributed by atoms with van der Waals surface area (Å²) in [5, 5.41) is 3.10. The summed E-state index contributed by atoms with van der Waals surface area (Å²) in [6.45, 7) is 7.26. The molecule has 6 aliphatic rings. The maximum absolute atomic E-state index is 13.5. The van der Waals surface area contributed by atoms with Gasteiger partial charge in [-0.25, -0.2) is 0 Å². The quantitative estimate of drug-likeness (QED) is 0.533. The van der Waals surface area contributed by atoms with Gasteiger partial charge in [-0.3, -0.25) is 4.79 Å². The number of amides is 1. The standard InChI is InChI=1S/C27H37F3N4O2/c1-17(27(28,29)30)20(12-32(2)21-5-6-21)9-18-10-26(11-18)15-34(16-26)25(19-3-4-19)33-8-7-23-22(13-33)31-24(35)14-36-23/h12,18,21-23H,1,3-11,13-16H2,2H3,(H,31,35)/b20-12-/t22-,23+/m1/s1. The molecular weight excluding hydrogens is 469 g/mol. The first kappa shape index (κ1) is 24.2. The van der Waals surface area contributed by atoms with E-state index in [1.807, 2.05) is 11.9 Å². The molecule has 3 saturated carbocycles. The van der Waals surface area contributed by atoms with E-state index in [1.165, 1.54) is 11.4 Å². The number of carbonyl (C=O) groups is 1. The number of hydrogen-bond acceptors (Lipinski definition) is 5. The third-order valence-corrected chi connectivity index (χ3v) is 8.96.